The molecule has 1 aliphatic heterocycles. The third-order valence-corrected chi connectivity index (χ3v) is 4.25. The molecule has 1 saturated carbocycles. The van der Waals surface area contributed by atoms with Crippen molar-refractivity contribution in [2.75, 3.05) is 6.54 Å². The molecule has 2 fully saturated rings. The highest BCUT2D eigenvalue weighted by molar-refractivity contribution is 5.81. The van der Waals surface area contributed by atoms with Gasteiger partial charge < -0.3 is 4.90 Å². The fourth-order valence-electron chi connectivity index (χ4n) is 3.19. The van der Waals surface area contributed by atoms with Gasteiger partial charge in [-0.1, -0.05) is 0 Å². The molecule has 0 aromatic carbocycles. The second kappa shape index (κ2) is 5.55. The van der Waals surface area contributed by atoms with Crippen LogP contribution in [0.4, 0.5) is 8.78 Å². The summed E-state index contributed by atoms with van der Waals surface area (Å²) in [6.07, 6.45) is 2.34. The van der Waals surface area contributed by atoms with Crippen molar-refractivity contribution in [3.63, 3.8) is 0 Å². The molecule has 5 heteroatoms. The summed E-state index contributed by atoms with van der Waals surface area (Å²) in [5.74, 6) is -2.80. The van der Waals surface area contributed by atoms with E-state index in [1.54, 1.807) is 4.90 Å². The summed E-state index contributed by atoms with van der Waals surface area (Å²) in [4.78, 5) is 25.3. The molecule has 1 saturated heterocycles. The number of Topliss-reactive ketones (excluding diaryl/α,β-unsaturated/α-hetero) is 1. The summed E-state index contributed by atoms with van der Waals surface area (Å²) in [5.41, 5.74) is 0. The van der Waals surface area contributed by atoms with E-state index < -0.39 is 5.92 Å². The van der Waals surface area contributed by atoms with Gasteiger partial charge in [0.1, 0.15) is 5.78 Å². The molecule has 1 heterocycles. The minimum Gasteiger partial charge on any atom is -0.339 e. The van der Waals surface area contributed by atoms with Gasteiger partial charge in [-0.15, -0.1) is 0 Å². The van der Waals surface area contributed by atoms with Gasteiger partial charge in [-0.3, -0.25) is 9.59 Å². The smallest absolute Gasteiger partial charge is 0.248 e. The predicted octanol–water partition coefficient (Wildman–Crippen LogP) is 2.78. The van der Waals surface area contributed by atoms with E-state index in [1.165, 1.54) is 6.92 Å². The summed E-state index contributed by atoms with van der Waals surface area (Å²) in [6, 6.07) is -0.00700. The Morgan fingerprint density at radius 1 is 1.21 bits per heavy atom. The maximum atomic E-state index is 13.1. The van der Waals surface area contributed by atoms with Crippen molar-refractivity contribution in [3.05, 3.63) is 0 Å². The third kappa shape index (κ3) is 3.51. The van der Waals surface area contributed by atoms with Gasteiger partial charge in [0.25, 0.3) is 0 Å². The zero-order chi connectivity index (χ0) is 14.0. The fourth-order valence-corrected chi connectivity index (χ4v) is 3.19. The number of alkyl halides is 2. The highest BCUT2D eigenvalue weighted by Crippen LogP contribution is 2.37. The van der Waals surface area contributed by atoms with Crippen molar-refractivity contribution in [2.45, 2.75) is 63.8 Å². The molecule has 3 nitrogen and oxygen atoms in total. The molecule has 1 amide bonds. The number of amides is 1. The summed E-state index contributed by atoms with van der Waals surface area (Å²) < 4.78 is 26.2. The lowest BCUT2D eigenvalue weighted by Crippen LogP contribution is -2.42. The lowest BCUT2D eigenvalue weighted by atomic mass is 9.85. The van der Waals surface area contributed by atoms with E-state index in [2.05, 4.69) is 0 Å². The largest absolute Gasteiger partial charge is 0.339 e. The van der Waals surface area contributed by atoms with Crippen LogP contribution < -0.4 is 0 Å². The first-order valence-electron chi connectivity index (χ1n) is 7.07. The number of halogens is 2. The van der Waals surface area contributed by atoms with Crippen LogP contribution in [0.5, 0.6) is 0 Å². The molecule has 0 radical (unpaired) electrons. The quantitative estimate of drug-likeness (QED) is 0.793. The Morgan fingerprint density at radius 2 is 1.84 bits per heavy atom. The third-order valence-electron chi connectivity index (χ3n) is 4.25. The lowest BCUT2D eigenvalue weighted by molar-refractivity contribution is -0.140. The maximum Gasteiger partial charge on any atom is 0.248 e. The highest BCUT2D eigenvalue weighted by Gasteiger charge is 2.40. The van der Waals surface area contributed by atoms with Crippen LogP contribution in [0.25, 0.3) is 0 Å². The highest BCUT2D eigenvalue weighted by atomic mass is 19.3. The van der Waals surface area contributed by atoms with Crippen molar-refractivity contribution in [1.82, 2.24) is 4.90 Å². The van der Waals surface area contributed by atoms with Gasteiger partial charge in [0, 0.05) is 37.8 Å². The Balaban J connectivity index is 1.94. The molecule has 1 atom stereocenters. The number of nitrogens with zero attached hydrogens (tertiary/aromatic N) is 1. The minimum absolute atomic E-state index is 0.00700. The molecule has 0 bridgehead atoms. The predicted molar refractivity (Wildman–Crippen MR) is 66.9 cm³/mol. The number of rotatable bonds is 3. The summed E-state index contributed by atoms with van der Waals surface area (Å²) in [7, 11) is 0. The summed E-state index contributed by atoms with van der Waals surface area (Å²) in [6.45, 7) is 2.20. The zero-order valence-corrected chi connectivity index (χ0v) is 11.3. The number of hydrogen-bond acceptors (Lipinski definition) is 2. The average molecular weight is 273 g/mol. The van der Waals surface area contributed by atoms with Gasteiger partial charge >= 0.3 is 0 Å². The second-order valence-electron chi connectivity index (χ2n) is 5.86. The van der Waals surface area contributed by atoms with Crippen LogP contribution in [0.1, 0.15) is 51.9 Å². The lowest BCUT2D eigenvalue weighted by Gasteiger charge is -2.32. The van der Waals surface area contributed by atoms with Crippen molar-refractivity contribution < 1.29 is 18.4 Å². The molecule has 0 N–H and O–H groups in total. The number of likely N-dealkylation sites (tertiary alicyclic amines) is 1. The molecule has 0 spiro atoms. The van der Waals surface area contributed by atoms with Gasteiger partial charge in [-0.25, -0.2) is 8.78 Å². The molecular formula is C14H21F2NO2. The van der Waals surface area contributed by atoms with Crippen molar-refractivity contribution in [2.24, 2.45) is 5.92 Å². The van der Waals surface area contributed by atoms with Crippen LogP contribution in [0.2, 0.25) is 0 Å². The molecule has 0 aromatic heterocycles. The topological polar surface area (TPSA) is 37.4 Å². The van der Waals surface area contributed by atoms with Gasteiger partial charge in [-0.2, -0.15) is 0 Å². The van der Waals surface area contributed by atoms with Crippen LogP contribution in [0.3, 0.4) is 0 Å². The Morgan fingerprint density at radius 3 is 2.42 bits per heavy atom. The molecule has 19 heavy (non-hydrogen) atoms. The van der Waals surface area contributed by atoms with E-state index >= 15 is 0 Å². The molecule has 2 rings (SSSR count). The van der Waals surface area contributed by atoms with Crippen molar-refractivity contribution >= 4 is 11.7 Å². The number of hydrogen-bond donors (Lipinski definition) is 0. The Kier molecular flexibility index (Phi) is 4.21. The normalized spacial score (nSPS) is 27.5. The van der Waals surface area contributed by atoms with Crippen molar-refractivity contribution in [1.29, 1.82) is 0 Å². The molecule has 0 aromatic rings. The first-order chi connectivity index (χ1) is 8.89. The molecule has 2 aliphatic rings. The van der Waals surface area contributed by atoms with Gasteiger partial charge in [-0.05, 0) is 32.6 Å². The van der Waals surface area contributed by atoms with Crippen molar-refractivity contribution in [3.8, 4) is 0 Å². The van der Waals surface area contributed by atoms with E-state index in [0.717, 1.165) is 12.8 Å². The van der Waals surface area contributed by atoms with E-state index in [9.17, 15) is 18.4 Å². The minimum atomic E-state index is -2.60. The Bertz CT molecular complexity index is 360. The van der Waals surface area contributed by atoms with Crippen LogP contribution in [-0.4, -0.2) is 35.1 Å². The first kappa shape index (κ1) is 14.4. The van der Waals surface area contributed by atoms with Crippen LogP contribution in [-0.2, 0) is 9.59 Å². The van der Waals surface area contributed by atoms with E-state index in [0.29, 0.717) is 13.0 Å². The first-order valence-corrected chi connectivity index (χ1v) is 7.07. The van der Waals surface area contributed by atoms with Gasteiger partial charge in [0.05, 0.1) is 0 Å². The van der Waals surface area contributed by atoms with E-state index in [4.69, 9.17) is 0 Å². The second-order valence-corrected chi connectivity index (χ2v) is 5.86. The molecule has 1 unspecified atom stereocenters. The van der Waals surface area contributed by atoms with E-state index in [-0.39, 0.29) is 49.3 Å². The van der Waals surface area contributed by atoms with Gasteiger partial charge in [0.2, 0.25) is 11.8 Å². The molecular weight excluding hydrogens is 252 g/mol. The van der Waals surface area contributed by atoms with Crippen LogP contribution in [0, 0.1) is 5.92 Å². The standard InChI is InChI=1S/C14H21F2NO2/c1-10(18)9-12-3-2-8-17(12)13(19)11-4-6-14(15,16)7-5-11/h11-12H,2-9H2,1H3. The van der Waals surface area contributed by atoms with Gasteiger partial charge in [0.15, 0.2) is 0 Å². The molecule has 1 aliphatic carbocycles. The fraction of sp³-hybridized carbons (Fsp3) is 0.857. The summed E-state index contributed by atoms with van der Waals surface area (Å²) >= 11 is 0. The average Bonchev–Trinajstić information content (AvgIpc) is 2.75. The SMILES string of the molecule is CC(=O)CC1CCCN1C(=O)C1CCC(F)(F)CC1. The van der Waals surface area contributed by atoms with E-state index in [1.807, 2.05) is 0 Å². The number of carbonyl (C=O) groups excluding carboxylic acids is 2. The number of carbonyl (C=O) groups is 2. The zero-order valence-electron chi connectivity index (χ0n) is 11.3. The monoisotopic (exact) mass is 273 g/mol. The van der Waals surface area contributed by atoms with Crippen LogP contribution in [0.15, 0.2) is 0 Å². The summed E-state index contributed by atoms with van der Waals surface area (Å²) in [5, 5.41) is 0. The molecule has 108 valence electrons. The maximum absolute atomic E-state index is 13.1. The Labute approximate surface area is 112 Å². The van der Waals surface area contributed by atoms with Crippen LogP contribution >= 0.6 is 0 Å². The Hall–Kier alpha value is -1.00. The number of ketones is 1.